The second-order valence-electron chi connectivity index (χ2n) is 4.94. The summed E-state index contributed by atoms with van der Waals surface area (Å²) in [6, 6.07) is 26.8. The summed E-state index contributed by atoms with van der Waals surface area (Å²) >= 11 is 10.6. The van der Waals surface area contributed by atoms with Crippen LogP contribution in [0.1, 0.15) is 16.4 Å². The van der Waals surface area contributed by atoms with Gasteiger partial charge in [-0.3, -0.25) is 0 Å². The topological polar surface area (TPSA) is 0 Å². The molecule has 3 rings (SSSR count). The Bertz CT molecular complexity index is 703. The second kappa shape index (κ2) is 6.38. The van der Waals surface area contributed by atoms with Gasteiger partial charge in [-0.25, -0.2) is 0 Å². The fraction of sp³-hybridized carbons (Fsp3) is 0.0526. The molecule has 0 saturated heterocycles. The Kier molecular flexibility index (Phi) is 4.33. The molecule has 0 N–H and O–H groups in total. The molecular weight excluding hydrogens is 296 g/mol. The Morgan fingerprint density at radius 1 is 0.619 bits per heavy atom. The lowest BCUT2D eigenvalue weighted by atomic mass is 10.00. The van der Waals surface area contributed by atoms with Gasteiger partial charge >= 0.3 is 0 Å². The van der Waals surface area contributed by atoms with Crippen LogP contribution in [0.4, 0.5) is 0 Å². The average Bonchev–Trinajstić information content (AvgIpc) is 2.56. The van der Waals surface area contributed by atoms with E-state index < -0.39 is 0 Å². The Labute approximate surface area is 135 Å². The normalized spacial score (nSPS) is 12.1. The minimum Gasteiger partial charge on any atom is -0.166 e. The summed E-state index contributed by atoms with van der Waals surface area (Å²) < 4.78 is 0. The number of halogens is 1. The van der Waals surface area contributed by atoms with E-state index in [9.17, 15) is 0 Å². The van der Waals surface area contributed by atoms with Crippen LogP contribution < -0.4 is 0 Å². The van der Waals surface area contributed by atoms with Gasteiger partial charge < -0.3 is 0 Å². The molecule has 3 aromatic rings. The van der Waals surface area contributed by atoms with Crippen LogP contribution in [-0.2, 0) is 0 Å². The molecule has 0 radical (unpaired) electrons. The molecule has 1 atom stereocenters. The smallest absolute Gasteiger partial charge is 0.0516 e. The van der Waals surface area contributed by atoms with Gasteiger partial charge in [-0.15, -0.1) is 0 Å². The van der Waals surface area contributed by atoms with Gasteiger partial charge in [-0.05, 0) is 34.4 Å². The van der Waals surface area contributed by atoms with Gasteiger partial charge in [-0.2, -0.15) is 12.6 Å². The first-order valence-corrected chi connectivity index (χ1v) is 7.72. The summed E-state index contributed by atoms with van der Waals surface area (Å²) in [5, 5.41) is 0.811. The van der Waals surface area contributed by atoms with E-state index >= 15 is 0 Å². The van der Waals surface area contributed by atoms with Crippen molar-refractivity contribution < 1.29 is 0 Å². The monoisotopic (exact) mass is 310 g/mol. The molecule has 0 spiro atoms. The van der Waals surface area contributed by atoms with Crippen molar-refractivity contribution in [1.82, 2.24) is 0 Å². The second-order valence-corrected chi connectivity index (χ2v) is 5.89. The van der Waals surface area contributed by atoms with Crippen molar-refractivity contribution in [1.29, 1.82) is 0 Å². The van der Waals surface area contributed by atoms with Gasteiger partial charge in [0.2, 0.25) is 0 Å². The highest BCUT2D eigenvalue weighted by Crippen LogP contribution is 2.30. The molecule has 2 heteroatoms. The third-order valence-corrected chi connectivity index (χ3v) is 4.37. The van der Waals surface area contributed by atoms with E-state index in [1.54, 1.807) is 0 Å². The number of benzene rings is 3. The summed E-state index contributed by atoms with van der Waals surface area (Å²) in [5.41, 5.74) is 4.78. The highest BCUT2D eigenvalue weighted by atomic mass is 35.5. The van der Waals surface area contributed by atoms with E-state index in [1.807, 2.05) is 30.3 Å². The number of thiol groups is 1. The van der Waals surface area contributed by atoms with Crippen LogP contribution in [0.5, 0.6) is 0 Å². The molecule has 1 unspecified atom stereocenters. The van der Waals surface area contributed by atoms with E-state index in [2.05, 4.69) is 48.5 Å². The zero-order valence-corrected chi connectivity index (χ0v) is 13.1. The Hall–Kier alpha value is -1.70. The Morgan fingerprint density at radius 2 is 1.10 bits per heavy atom. The van der Waals surface area contributed by atoms with Crippen molar-refractivity contribution >= 4 is 24.2 Å². The van der Waals surface area contributed by atoms with Crippen LogP contribution in [0.2, 0.25) is 5.02 Å². The first-order chi connectivity index (χ1) is 10.2. The van der Waals surface area contributed by atoms with Crippen LogP contribution >= 0.6 is 24.2 Å². The predicted molar refractivity (Wildman–Crippen MR) is 94.2 cm³/mol. The van der Waals surface area contributed by atoms with E-state index in [4.69, 9.17) is 24.2 Å². The first-order valence-electron chi connectivity index (χ1n) is 6.83. The van der Waals surface area contributed by atoms with Crippen molar-refractivity contribution in [2.75, 3.05) is 0 Å². The summed E-state index contributed by atoms with van der Waals surface area (Å²) in [6.07, 6.45) is 0. The van der Waals surface area contributed by atoms with Crippen molar-refractivity contribution in [3.05, 3.63) is 95.0 Å². The molecule has 0 aliphatic heterocycles. The standard InChI is InChI=1S/C19H15ClS/c20-18-12-10-17(11-13-18)19(21)16-8-6-15(7-9-16)14-4-2-1-3-5-14/h1-13,19,21H. The lowest BCUT2D eigenvalue weighted by Crippen LogP contribution is -1.93. The van der Waals surface area contributed by atoms with Gasteiger partial charge in [-0.1, -0.05) is 78.3 Å². The van der Waals surface area contributed by atoms with Crippen LogP contribution in [0.3, 0.4) is 0 Å². The van der Waals surface area contributed by atoms with E-state index in [-0.39, 0.29) is 5.25 Å². The summed E-state index contributed by atoms with van der Waals surface area (Å²) in [6.45, 7) is 0. The van der Waals surface area contributed by atoms with Gasteiger partial charge in [0.15, 0.2) is 0 Å². The lowest BCUT2D eigenvalue weighted by Gasteiger charge is -2.12. The zero-order valence-electron chi connectivity index (χ0n) is 11.4. The quantitative estimate of drug-likeness (QED) is 0.561. The highest BCUT2D eigenvalue weighted by molar-refractivity contribution is 7.80. The maximum atomic E-state index is 5.93. The van der Waals surface area contributed by atoms with E-state index in [0.29, 0.717) is 0 Å². The highest BCUT2D eigenvalue weighted by Gasteiger charge is 2.09. The minimum atomic E-state index is 0.0621. The van der Waals surface area contributed by atoms with Gasteiger partial charge in [0.05, 0.1) is 5.25 Å². The van der Waals surface area contributed by atoms with Gasteiger partial charge in [0.25, 0.3) is 0 Å². The fourth-order valence-corrected chi connectivity index (χ4v) is 2.80. The van der Waals surface area contributed by atoms with Gasteiger partial charge in [0, 0.05) is 5.02 Å². The molecular formula is C19H15ClS. The van der Waals surface area contributed by atoms with E-state index in [0.717, 1.165) is 10.6 Å². The molecule has 0 nitrogen and oxygen atoms in total. The third-order valence-electron chi connectivity index (χ3n) is 3.52. The summed E-state index contributed by atoms with van der Waals surface area (Å²) in [5.74, 6) is 0. The largest absolute Gasteiger partial charge is 0.166 e. The van der Waals surface area contributed by atoms with Crippen LogP contribution in [0, 0.1) is 0 Å². The third kappa shape index (κ3) is 3.31. The van der Waals surface area contributed by atoms with E-state index in [1.165, 1.54) is 16.7 Å². The SMILES string of the molecule is SC(c1ccc(Cl)cc1)c1ccc(-c2ccccc2)cc1. The van der Waals surface area contributed by atoms with Crippen LogP contribution in [0.15, 0.2) is 78.9 Å². The van der Waals surface area contributed by atoms with Crippen LogP contribution in [0.25, 0.3) is 11.1 Å². The van der Waals surface area contributed by atoms with Crippen molar-refractivity contribution in [2.45, 2.75) is 5.25 Å². The molecule has 0 bridgehead atoms. The van der Waals surface area contributed by atoms with Gasteiger partial charge in [0.1, 0.15) is 0 Å². The molecule has 104 valence electrons. The van der Waals surface area contributed by atoms with Crippen molar-refractivity contribution in [3.63, 3.8) is 0 Å². The fourth-order valence-electron chi connectivity index (χ4n) is 2.33. The molecule has 0 saturated carbocycles. The maximum absolute atomic E-state index is 5.93. The van der Waals surface area contributed by atoms with Crippen LogP contribution in [-0.4, -0.2) is 0 Å². The molecule has 21 heavy (non-hydrogen) atoms. The minimum absolute atomic E-state index is 0.0621. The molecule has 0 aliphatic carbocycles. The maximum Gasteiger partial charge on any atom is 0.0516 e. The Morgan fingerprint density at radius 3 is 1.67 bits per heavy atom. The zero-order chi connectivity index (χ0) is 14.7. The molecule has 0 fully saturated rings. The molecule has 0 heterocycles. The molecule has 3 aromatic carbocycles. The lowest BCUT2D eigenvalue weighted by molar-refractivity contribution is 1.17. The predicted octanol–water partition coefficient (Wildman–Crippen LogP) is 6.03. The molecule has 0 aliphatic rings. The number of rotatable bonds is 3. The number of hydrogen-bond acceptors (Lipinski definition) is 1. The molecule has 0 aromatic heterocycles. The van der Waals surface area contributed by atoms with Crippen molar-refractivity contribution in [3.8, 4) is 11.1 Å². The number of hydrogen-bond donors (Lipinski definition) is 1. The summed E-state index contributed by atoms with van der Waals surface area (Å²) in [7, 11) is 0. The average molecular weight is 311 g/mol. The molecule has 0 amide bonds. The summed E-state index contributed by atoms with van der Waals surface area (Å²) in [4.78, 5) is 0. The Balaban J connectivity index is 1.85. The first kappa shape index (κ1) is 14.2. The van der Waals surface area contributed by atoms with Crippen molar-refractivity contribution in [2.24, 2.45) is 0 Å².